The van der Waals surface area contributed by atoms with Crippen LogP contribution in [0.1, 0.15) is 23.8 Å². The molecule has 4 nitrogen and oxygen atoms in total. The number of rotatable bonds is 3. The Morgan fingerprint density at radius 1 is 1.15 bits per heavy atom. The van der Waals surface area contributed by atoms with Gasteiger partial charge in [0.1, 0.15) is 5.84 Å². The number of aromatic nitrogens is 1. The molecule has 26 heavy (non-hydrogen) atoms. The van der Waals surface area contributed by atoms with E-state index in [-0.39, 0.29) is 24.8 Å². The van der Waals surface area contributed by atoms with Gasteiger partial charge in [0.2, 0.25) is 0 Å². The van der Waals surface area contributed by atoms with Crippen molar-refractivity contribution in [2.24, 2.45) is 10.7 Å². The third-order valence-corrected chi connectivity index (χ3v) is 5.70. The van der Waals surface area contributed by atoms with Gasteiger partial charge in [-0.25, -0.2) is 4.99 Å². The van der Waals surface area contributed by atoms with Gasteiger partial charge in [-0.15, -0.1) is 36.2 Å². The standard InChI is InChI=1S/C19H22N4S.2ClH/c1-22-9-7-16(8-10-22)23-11-6-14-13-15(4-5-17(14)23)21-19(20)18-3-2-12-24-18;;/h2-6,11-13,16H,7-10H2,1H3,(H2,20,21);2*1H. The van der Waals surface area contributed by atoms with Crippen LogP contribution in [0.3, 0.4) is 0 Å². The van der Waals surface area contributed by atoms with Gasteiger partial charge in [0.15, 0.2) is 0 Å². The summed E-state index contributed by atoms with van der Waals surface area (Å²) in [7, 11) is 2.20. The fourth-order valence-corrected chi connectivity index (χ4v) is 4.06. The Morgan fingerprint density at radius 2 is 1.92 bits per heavy atom. The van der Waals surface area contributed by atoms with Crippen LogP contribution in [0.15, 0.2) is 53.0 Å². The highest BCUT2D eigenvalue weighted by Gasteiger charge is 2.19. The molecule has 1 aliphatic rings. The van der Waals surface area contributed by atoms with Crippen molar-refractivity contribution in [1.29, 1.82) is 0 Å². The zero-order valence-corrected chi connectivity index (χ0v) is 17.1. The van der Waals surface area contributed by atoms with Gasteiger partial charge >= 0.3 is 0 Å². The van der Waals surface area contributed by atoms with Crippen molar-refractivity contribution >= 4 is 58.6 Å². The fraction of sp³-hybridized carbons (Fsp3) is 0.316. The lowest BCUT2D eigenvalue weighted by atomic mass is 10.1. The van der Waals surface area contributed by atoms with Crippen LogP contribution in [-0.2, 0) is 0 Å². The Bertz CT molecular complexity index is 865. The molecule has 2 aromatic heterocycles. The maximum Gasteiger partial charge on any atom is 0.141 e. The molecule has 0 spiro atoms. The average Bonchev–Trinajstić information content (AvgIpc) is 3.25. The van der Waals surface area contributed by atoms with Gasteiger partial charge in [0, 0.05) is 23.1 Å². The minimum absolute atomic E-state index is 0. The first-order chi connectivity index (χ1) is 11.7. The monoisotopic (exact) mass is 410 g/mol. The lowest BCUT2D eigenvalue weighted by Crippen LogP contribution is -2.31. The predicted molar refractivity (Wildman–Crippen MR) is 117 cm³/mol. The second-order valence-electron chi connectivity index (χ2n) is 6.47. The molecule has 3 aromatic rings. The Kier molecular flexibility index (Phi) is 7.12. The average molecular weight is 411 g/mol. The number of likely N-dealkylation sites (tertiary alicyclic amines) is 1. The Hall–Kier alpha value is -1.53. The van der Waals surface area contributed by atoms with Crippen molar-refractivity contribution in [3.05, 3.63) is 52.9 Å². The van der Waals surface area contributed by atoms with E-state index in [2.05, 4.69) is 52.0 Å². The number of hydrogen-bond donors (Lipinski definition) is 1. The van der Waals surface area contributed by atoms with Crippen LogP contribution in [0, 0.1) is 0 Å². The summed E-state index contributed by atoms with van der Waals surface area (Å²) >= 11 is 1.61. The molecule has 7 heteroatoms. The molecular weight excluding hydrogens is 387 g/mol. The topological polar surface area (TPSA) is 46.5 Å². The van der Waals surface area contributed by atoms with E-state index in [0.717, 1.165) is 10.6 Å². The third kappa shape index (κ3) is 4.23. The van der Waals surface area contributed by atoms with Gasteiger partial charge in [-0.1, -0.05) is 6.07 Å². The molecule has 1 aromatic carbocycles. The smallest absolute Gasteiger partial charge is 0.141 e. The molecule has 1 fully saturated rings. The predicted octanol–water partition coefficient (Wildman–Crippen LogP) is 4.85. The van der Waals surface area contributed by atoms with Gasteiger partial charge in [0.05, 0.1) is 10.6 Å². The second kappa shape index (κ2) is 8.91. The maximum absolute atomic E-state index is 6.10. The number of fused-ring (bicyclic) bond motifs is 1. The fourth-order valence-electron chi connectivity index (χ4n) is 3.43. The van der Waals surface area contributed by atoms with Crippen LogP contribution in [0.4, 0.5) is 5.69 Å². The largest absolute Gasteiger partial charge is 0.383 e. The maximum atomic E-state index is 6.10. The number of amidine groups is 1. The van der Waals surface area contributed by atoms with Crippen molar-refractivity contribution in [3.63, 3.8) is 0 Å². The highest BCUT2D eigenvalue weighted by Crippen LogP contribution is 2.29. The van der Waals surface area contributed by atoms with Crippen LogP contribution < -0.4 is 5.73 Å². The van der Waals surface area contributed by atoms with Crippen molar-refractivity contribution in [1.82, 2.24) is 9.47 Å². The number of thiophene rings is 1. The summed E-state index contributed by atoms with van der Waals surface area (Å²) in [6.45, 7) is 2.34. The molecule has 1 saturated heterocycles. The van der Waals surface area contributed by atoms with Gasteiger partial charge in [-0.2, -0.15) is 0 Å². The number of benzene rings is 1. The van der Waals surface area contributed by atoms with E-state index in [4.69, 9.17) is 5.73 Å². The quantitative estimate of drug-likeness (QED) is 0.495. The number of halogens is 2. The van der Waals surface area contributed by atoms with Crippen LogP contribution in [0.25, 0.3) is 10.9 Å². The van der Waals surface area contributed by atoms with Gasteiger partial charge in [-0.3, -0.25) is 0 Å². The van der Waals surface area contributed by atoms with E-state index in [9.17, 15) is 0 Å². The number of hydrogen-bond acceptors (Lipinski definition) is 3. The number of nitrogens with zero attached hydrogens (tertiary/aromatic N) is 3. The Morgan fingerprint density at radius 3 is 2.62 bits per heavy atom. The first kappa shape index (κ1) is 20.8. The van der Waals surface area contributed by atoms with Crippen molar-refractivity contribution in [2.75, 3.05) is 20.1 Å². The van der Waals surface area contributed by atoms with Gasteiger partial charge in [-0.05, 0) is 68.7 Å². The summed E-state index contributed by atoms with van der Waals surface area (Å²) in [4.78, 5) is 7.99. The molecule has 2 N–H and O–H groups in total. The van der Waals surface area contributed by atoms with E-state index in [1.54, 1.807) is 11.3 Å². The summed E-state index contributed by atoms with van der Waals surface area (Å²) in [6, 6.07) is 13.1. The summed E-state index contributed by atoms with van der Waals surface area (Å²) in [5.41, 5.74) is 8.30. The molecule has 4 rings (SSSR count). The highest BCUT2D eigenvalue weighted by atomic mass is 35.5. The Balaban J connectivity index is 0.00000121. The molecule has 0 unspecified atom stereocenters. The highest BCUT2D eigenvalue weighted by molar-refractivity contribution is 7.12. The number of aliphatic imine (C=N–C) groups is 1. The molecule has 140 valence electrons. The summed E-state index contributed by atoms with van der Waals surface area (Å²) in [5.74, 6) is 0.583. The molecule has 0 atom stereocenters. The Labute approximate surface area is 170 Å². The second-order valence-corrected chi connectivity index (χ2v) is 7.42. The van der Waals surface area contributed by atoms with Crippen molar-refractivity contribution in [2.45, 2.75) is 18.9 Å². The lowest BCUT2D eigenvalue weighted by Gasteiger charge is -2.30. The SMILES string of the molecule is CN1CCC(n2ccc3cc(N=C(N)c4cccs4)ccc32)CC1.Cl.Cl. The van der Waals surface area contributed by atoms with Crippen LogP contribution in [-0.4, -0.2) is 35.4 Å². The molecular formula is C19H24Cl2N4S. The molecule has 0 saturated carbocycles. The van der Waals surface area contributed by atoms with Gasteiger partial charge in [0.25, 0.3) is 0 Å². The lowest BCUT2D eigenvalue weighted by molar-refractivity contribution is 0.224. The van der Waals surface area contributed by atoms with Crippen LogP contribution in [0.5, 0.6) is 0 Å². The number of nitrogens with two attached hydrogens (primary N) is 1. The molecule has 0 radical (unpaired) electrons. The number of piperidine rings is 1. The van der Waals surface area contributed by atoms with E-state index in [1.165, 1.54) is 36.8 Å². The first-order valence-electron chi connectivity index (χ1n) is 8.38. The minimum Gasteiger partial charge on any atom is -0.383 e. The van der Waals surface area contributed by atoms with Crippen LogP contribution >= 0.6 is 36.2 Å². The van der Waals surface area contributed by atoms with Crippen molar-refractivity contribution in [3.8, 4) is 0 Å². The molecule has 0 aliphatic carbocycles. The molecule has 0 bridgehead atoms. The zero-order chi connectivity index (χ0) is 16.5. The summed E-state index contributed by atoms with van der Waals surface area (Å²) < 4.78 is 2.43. The van der Waals surface area contributed by atoms with E-state index >= 15 is 0 Å². The summed E-state index contributed by atoms with van der Waals surface area (Å²) in [5, 5.41) is 3.25. The first-order valence-corrected chi connectivity index (χ1v) is 9.26. The van der Waals surface area contributed by atoms with E-state index in [1.807, 2.05) is 17.5 Å². The van der Waals surface area contributed by atoms with Gasteiger partial charge < -0.3 is 15.2 Å². The molecule has 0 amide bonds. The van der Waals surface area contributed by atoms with Crippen molar-refractivity contribution < 1.29 is 0 Å². The van der Waals surface area contributed by atoms with E-state index in [0.29, 0.717) is 11.9 Å². The van der Waals surface area contributed by atoms with E-state index < -0.39 is 0 Å². The normalized spacial score (nSPS) is 16.3. The van der Waals surface area contributed by atoms with Crippen LogP contribution in [0.2, 0.25) is 0 Å². The molecule has 3 heterocycles. The minimum atomic E-state index is 0. The third-order valence-electron chi connectivity index (χ3n) is 4.81. The molecule has 1 aliphatic heterocycles. The summed E-state index contributed by atoms with van der Waals surface area (Å²) in [6.07, 6.45) is 4.65. The zero-order valence-electron chi connectivity index (χ0n) is 14.7.